The molecule has 1 aromatic rings. The molecule has 0 aromatic carbocycles. The fourth-order valence-corrected chi connectivity index (χ4v) is 3.31. The minimum atomic E-state index is 0.255. The molecule has 0 saturated heterocycles. The highest BCUT2D eigenvalue weighted by Crippen LogP contribution is 2.34. The van der Waals surface area contributed by atoms with Crippen LogP contribution in [0.3, 0.4) is 0 Å². The molecular formula is C13H22Cl2N2S. The van der Waals surface area contributed by atoms with E-state index in [4.69, 9.17) is 23.2 Å². The van der Waals surface area contributed by atoms with Crippen LogP contribution in [0.15, 0.2) is 6.07 Å². The largest absolute Gasteiger partial charge is 0.310 e. The Morgan fingerprint density at radius 3 is 2.50 bits per heavy atom. The maximum absolute atomic E-state index is 6.13. The van der Waals surface area contributed by atoms with Crippen LogP contribution in [-0.4, -0.2) is 31.1 Å². The van der Waals surface area contributed by atoms with Crippen LogP contribution < -0.4 is 5.32 Å². The average Bonchev–Trinajstić information content (AvgIpc) is 2.63. The predicted octanol–water partition coefficient (Wildman–Crippen LogP) is 4.44. The van der Waals surface area contributed by atoms with Gasteiger partial charge < -0.3 is 10.2 Å². The Balaban J connectivity index is 2.29. The summed E-state index contributed by atoms with van der Waals surface area (Å²) in [5.74, 6) is 0. The van der Waals surface area contributed by atoms with Crippen molar-refractivity contribution in [3.05, 3.63) is 20.3 Å². The second kappa shape index (κ2) is 7.71. The van der Waals surface area contributed by atoms with Gasteiger partial charge in [-0.25, -0.2) is 0 Å². The van der Waals surface area contributed by atoms with E-state index in [0.717, 1.165) is 33.7 Å². The van der Waals surface area contributed by atoms with Crippen molar-refractivity contribution in [3.63, 3.8) is 0 Å². The van der Waals surface area contributed by atoms with Crippen molar-refractivity contribution >= 4 is 34.5 Å². The lowest BCUT2D eigenvalue weighted by atomic mass is 10.2. The highest BCUT2D eigenvalue weighted by molar-refractivity contribution is 7.20. The number of hydrogen-bond donors (Lipinski definition) is 1. The van der Waals surface area contributed by atoms with Crippen LogP contribution >= 0.6 is 34.5 Å². The smallest absolute Gasteiger partial charge is 0.0991 e. The van der Waals surface area contributed by atoms with Crippen molar-refractivity contribution in [2.45, 2.75) is 39.3 Å². The zero-order chi connectivity index (χ0) is 13.7. The Hall–Kier alpha value is 0.200. The highest BCUT2D eigenvalue weighted by Gasteiger charge is 2.12. The fraction of sp³-hybridized carbons (Fsp3) is 0.692. The van der Waals surface area contributed by atoms with Gasteiger partial charge in [0, 0.05) is 12.1 Å². The Kier molecular flexibility index (Phi) is 6.96. The lowest BCUT2D eigenvalue weighted by molar-refractivity contribution is 0.268. The number of rotatable bonds is 7. The van der Waals surface area contributed by atoms with Gasteiger partial charge in [0.05, 0.1) is 8.67 Å². The van der Waals surface area contributed by atoms with Crippen molar-refractivity contribution in [2.24, 2.45) is 0 Å². The second-order valence-corrected chi connectivity index (χ2v) is 7.17. The third-order valence-corrected chi connectivity index (χ3v) is 4.69. The Morgan fingerprint density at radius 1 is 1.33 bits per heavy atom. The van der Waals surface area contributed by atoms with E-state index in [1.807, 2.05) is 6.07 Å². The molecule has 2 nitrogen and oxygen atoms in total. The summed E-state index contributed by atoms with van der Waals surface area (Å²) in [6.07, 6.45) is 1.13. The minimum absolute atomic E-state index is 0.255. The lowest BCUT2D eigenvalue weighted by Gasteiger charge is -2.21. The zero-order valence-corrected chi connectivity index (χ0v) is 13.8. The van der Waals surface area contributed by atoms with Gasteiger partial charge in [-0.05, 0) is 59.0 Å². The average molecular weight is 309 g/mol. The van der Waals surface area contributed by atoms with E-state index in [0.29, 0.717) is 6.04 Å². The molecular weight excluding hydrogens is 287 g/mol. The van der Waals surface area contributed by atoms with Gasteiger partial charge in [-0.15, -0.1) is 11.3 Å². The molecule has 0 aliphatic carbocycles. The van der Waals surface area contributed by atoms with Gasteiger partial charge in [0.1, 0.15) is 0 Å². The molecule has 0 spiro atoms. The third kappa shape index (κ3) is 5.06. The van der Waals surface area contributed by atoms with Crippen LogP contribution in [0.4, 0.5) is 0 Å². The molecule has 18 heavy (non-hydrogen) atoms. The van der Waals surface area contributed by atoms with Gasteiger partial charge in [0.2, 0.25) is 0 Å². The second-order valence-electron chi connectivity index (χ2n) is 4.88. The van der Waals surface area contributed by atoms with Crippen molar-refractivity contribution in [2.75, 3.05) is 20.1 Å². The number of halogens is 2. The summed E-state index contributed by atoms with van der Waals surface area (Å²) in [7, 11) is 2.16. The molecule has 0 amide bonds. The van der Waals surface area contributed by atoms with Crippen molar-refractivity contribution in [1.82, 2.24) is 10.2 Å². The van der Waals surface area contributed by atoms with Crippen LogP contribution in [0.5, 0.6) is 0 Å². The number of nitrogens with zero attached hydrogens (tertiary/aromatic N) is 1. The summed E-state index contributed by atoms with van der Waals surface area (Å²) in [6, 6.07) is 2.81. The van der Waals surface area contributed by atoms with Gasteiger partial charge in [-0.1, -0.05) is 23.2 Å². The van der Waals surface area contributed by atoms with Crippen molar-refractivity contribution < 1.29 is 0 Å². The van der Waals surface area contributed by atoms with E-state index in [-0.39, 0.29) is 6.04 Å². The molecule has 1 atom stereocenters. The fourth-order valence-electron chi connectivity index (χ4n) is 1.66. The molecule has 1 aromatic heterocycles. The number of nitrogens with one attached hydrogen (secondary N) is 1. The van der Waals surface area contributed by atoms with Crippen LogP contribution in [0.25, 0.3) is 0 Å². The normalized spacial score (nSPS) is 13.6. The Labute approximate surface area is 124 Å². The van der Waals surface area contributed by atoms with Gasteiger partial charge in [0.15, 0.2) is 0 Å². The summed E-state index contributed by atoms with van der Waals surface area (Å²) in [5, 5.41) is 3.48. The molecule has 0 radical (unpaired) electrons. The van der Waals surface area contributed by atoms with Crippen LogP contribution in [0.2, 0.25) is 8.67 Å². The molecule has 0 saturated carbocycles. The standard InChI is InChI=1S/C13H22Cl2N2S/c1-9(2)17(4)7-5-6-16-10(3)11-8-12(14)18-13(11)15/h8-10,16H,5-7H2,1-4H3. The maximum Gasteiger partial charge on any atom is 0.0991 e. The Bertz CT molecular complexity index is 366. The summed E-state index contributed by atoms with van der Waals surface area (Å²) in [6.45, 7) is 8.64. The monoisotopic (exact) mass is 308 g/mol. The van der Waals surface area contributed by atoms with Crippen LogP contribution in [0.1, 0.15) is 38.8 Å². The van der Waals surface area contributed by atoms with Gasteiger partial charge >= 0.3 is 0 Å². The molecule has 1 heterocycles. The Morgan fingerprint density at radius 2 is 2.00 bits per heavy atom. The van der Waals surface area contributed by atoms with E-state index in [1.54, 1.807) is 0 Å². The minimum Gasteiger partial charge on any atom is -0.310 e. The predicted molar refractivity (Wildman–Crippen MR) is 83.1 cm³/mol. The molecule has 1 N–H and O–H groups in total. The zero-order valence-electron chi connectivity index (χ0n) is 11.5. The molecule has 0 fully saturated rings. The highest BCUT2D eigenvalue weighted by atomic mass is 35.5. The summed E-state index contributed by atoms with van der Waals surface area (Å²) in [4.78, 5) is 2.35. The summed E-state index contributed by atoms with van der Waals surface area (Å²) < 4.78 is 1.54. The quantitative estimate of drug-likeness (QED) is 0.749. The van der Waals surface area contributed by atoms with E-state index in [9.17, 15) is 0 Å². The van der Waals surface area contributed by atoms with E-state index in [1.165, 1.54) is 11.3 Å². The first-order valence-corrected chi connectivity index (χ1v) is 7.87. The first-order valence-electron chi connectivity index (χ1n) is 6.30. The van der Waals surface area contributed by atoms with E-state index in [2.05, 4.69) is 38.0 Å². The summed E-state index contributed by atoms with van der Waals surface area (Å²) >= 11 is 13.5. The van der Waals surface area contributed by atoms with Gasteiger partial charge in [0.25, 0.3) is 0 Å². The van der Waals surface area contributed by atoms with E-state index >= 15 is 0 Å². The molecule has 5 heteroatoms. The van der Waals surface area contributed by atoms with Gasteiger partial charge in [-0.2, -0.15) is 0 Å². The first kappa shape index (κ1) is 16.3. The summed E-state index contributed by atoms with van der Waals surface area (Å²) in [5.41, 5.74) is 1.10. The molecule has 1 rings (SSSR count). The molecule has 0 aliphatic rings. The molecule has 104 valence electrons. The number of thiophene rings is 1. The van der Waals surface area contributed by atoms with E-state index < -0.39 is 0 Å². The van der Waals surface area contributed by atoms with Crippen molar-refractivity contribution in [1.29, 1.82) is 0 Å². The SMILES string of the molecule is CC(NCCCN(C)C(C)C)c1cc(Cl)sc1Cl. The molecule has 0 bridgehead atoms. The van der Waals surface area contributed by atoms with Crippen molar-refractivity contribution in [3.8, 4) is 0 Å². The topological polar surface area (TPSA) is 15.3 Å². The maximum atomic E-state index is 6.13. The third-order valence-electron chi connectivity index (χ3n) is 3.17. The number of hydrogen-bond acceptors (Lipinski definition) is 3. The first-order chi connectivity index (χ1) is 8.41. The van der Waals surface area contributed by atoms with Crippen LogP contribution in [0, 0.1) is 0 Å². The molecule has 0 aliphatic heterocycles. The van der Waals surface area contributed by atoms with Gasteiger partial charge in [-0.3, -0.25) is 0 Å². The van der Waals surface area contributed by atoms with Crippen LogP contribution in [-0.2, 0) is 0 Å². The molecule has 1 unspecified atom stereocenters. The lowest BCUT2D eigenvalue weighted by Crippen LogP contribution is -2.30.